The second-order valence-electron chi connectivity index (χ2n) is 6.55. The Morgan fingerprint density at radius 1 is 1.36 bits per heavy atom. The van der Waals surface area contributed by atoms with Crippen LogP contribution in [0, 0.1) is 11.8 Å². The molecule has 0 aromatic rings. The molecule has 2 aliphatic rings. The molecule has 7 heteroatoms. The molecule has 2 atom stereocenters. The van der Waals surface area contributed by atoms with Gasteiger partial charge in [-0.2, -0.15) is 0 Å². The van der Waals surface area contributed by atoms with Crippen LogP contribution in [0.2, 0.25) is 0 Å². The molecule has 2 aliphatic heterocycles. The molecular formula is C15H30IN3O2S. The Morgan fingerprint density at radius 3 is 2.73 bits per heavy atom. The monoisotopic (exact) mass is 443 g/mol. The van der Waals surface area contributed by atoms with Gasteiger partial charge in [0.25, 0.3) is 0 Å². The Hall–Kier alpha value is -0.0500. The van der Waals surface area contributed by atoms with Gasteiger partial charge < -0.3 is 10.2 Å². The first kappa shape index (κ1) is 20.0. The molecule has 2 rings (SSSR count). The summed E-state index contributed by atoms with van der Waals surface area (Å²) in [6, 6.07) is 0. The number of nitrogens with zero attached hydrogens (tertiary/aromatic N) is 2. The zero-order valence-corrected chi connectivity index (χ0v) is 16.9. The maximum atomic E-state index is 11.5. The van der Waals surface area contributed by atoms with Gasteiger partial charge in [-0.05, 0) is 37.5 Å². The average Bonchev–Trinajstić information content (AvgIpc) is 2.78. The van der Waals surface area contributed by atoms with Gasteiger partial charge in [0.15, 0.2) is 15.8 Å². The lowest BCUT2D eigenvalue weighted by Gasteiger charge is -2.33. The molecule has 0 spiro atoms. The molecule has 0 amide bonds. The summed E-state index contributed by atoms with van der Waals surface area (Å²) in [5.41, 5.74) is 0. The van der Waals surface area contributed by atoms with Crippen molar-refractivity contribution in [1.82, 2.24) is 10.2 Å². The second kappa shape index (κ2) is 9.30. The van der Waals surface area contributed by atoms with E-state index in [2.05, 4.69) is 24.1 Å². The Balaban J connectivity index is 0.00000242. The number of sulfone groups is 1. The average molecular weight is 443 g/mol. The predicted molar refractivity (Wildman–Crippen MR) is 103 cm³/mol. The minimum atomic E-state index is -2.80. The largest absolute Gasteiger partial charge is 0.356 e. The van der Waals surface area contributed by atoms with Gasteiger partial charge in [0.1, 0.15) is 0 Å². The second-order valence-corrected chi connectivity index (χ2v) is 8.78. The van der Waals surface area contributed by atoms with Crippen molar-refractivity contribution in [2.45, 2.75) is 39.5 Å². The fourth-order valence-corrected chi connectivity index (χ4v) is 4.97. The van der Waals surface area contributed by atoms with Gasteiger partial charge in [-0.15, -0.1) is 24.0 Å². The van der Waals surface area contributed by atoms with Gasteiger partial charge in [0.05, 0.1) is 11.5 Å². The van der Waals surface area contributed by atoms with Gasteiger partial charge in [-0.3, -0.25) is 4.99 Å². The normalized spacial score (nSPS) is 28.3. The standard InChI is InChI=1S/C15H29N3O2S.HI/c1-3-7-16-15(18-8-4-5-13(2)11-18)17-10-14-6-9-21(19,20)12-14;/h13-14H,3-12H2,1-2H3,(H,16,17);1H. The number of rotatable bonds is 4. The lowest BCUT2D eigenvalue weighted by molar-refractivity contribution is 0.265. The summed E-state index contributed by atoms with van der Waals surface area (Å²) >= 11 is 0. The molecule has 0 radical (unpaired) electrons. The number of nitrogens with one attached hydrogen (secondary N) is 1. The fraction of sp³-hybridized carbons (Fsp3) is 0.933. The van der Waals surface area contributed by atoms with Crippen LogP contribution in [-0.2, 0) is 9.84 Å². The molecule has 1 N–H and O–H groups in total. The molecule has 2 heterocycles. The van der Waals surface area contributed by atoms with E-state index >= 15 is 0 Å². The van der Waals surface area contributed by atoms with Crippen LogP contribution in [0.25, 0.3) is 0 Å². The first-order chi connectivity index (χ1) is 10.00. The van der Waals surface area contributed by atoms with Crippen LogP contribution in [0.4, 0.5) is 0 Å². The molecule has 0 aromatic heterocycles. The zero-order valence-electron chi connectivity index (χ0n) is 13.8. The molecule has 0 aromatic carbocycles. The van der Waals surface area contributed by atoms with E-state index in [1.54, 1.807) is 0 Å². The summed E-state index contributed by atoms with van der Waals surface area (Å²) < 4.78 is 23.1. The SMILES string of the molecule is CCCNC(=NCC1CCS(=O)(=O)C1)N1CCCC(C)C1.I. The Morgan fingerprint density at radius 2 is 2.14 bits per heavy atom. The predicted octanol–water partition coefficient (Wildman–Crippen LogP) is 2.13. The number of likely N-dealkylation sites (tertiary alicyclic amines) is 1. The van der Waals surface area contributed by atoms with Gasteiger partial charge in [-0.25, -0.2) is 8.42 Å². The number of piperidine rings is 1. The van der Waals surface area contributed by atoms with Crippen LogP contribution in [0.15, 0.2) is 4.99 Å². The van der Waals surface area contributed by atoms with E-state index in [-0.39, 0.29) is 29.9 Å². The van der Waals surface area contributed by atoms with Gasteiger partial charge in [0.2, 0.25) is 0 Å². The van der Waals surface area contributed by atoms with Crippen LogP contribution >= 0.6 is 24.0 Å². The Bertz CT molecular complexity index is 467. The van der Waals surface area contributed by atoms with Crippen molar-refractivity contribution in [2.75, 3.05) is 37.7 Å². The van der Waals surface area contributed by atoms with E-state index in [9.17, 15) is 8.42 Å². The smallest absolute Gasteiger partial charge is 0.193 e. The fourth-order valence-electron chi connectivity index (χ4n) is 3.12. The summed E-state index contributed by atoms with van der Waals surface area (Å²) in [7, 11) is -2.80. The van der Waals surface area contributed by atoms with Crippen molar-refractivity contribution in [3.63, 3.8) is 0 Å². The number of halogens is 1. The highest BCUT2D eigenvalue weighted by Gasteiger charge is 2.28. The van der Waals surface area contributed by atoms with Gasteiger partial charge in [0, 0.05) is 26.2 Å². The van der Waals surface area contributed by atoms with Crippen LogP contribution in [0.1, 0.15) is 39.5 Å². The van der Waals surface area contributed by atoms with E-state index < -0.39 is 9.84 Å². The lowest BCUT2D eigenvalue weighted by Crippen LogP contribution is -2.46. The Labute approximate surface area is 152 Å². The quantitative estimate of drug-likeness (QED) is 0.411. The third-order valence-corrected chi connectivity index (χ3v) is 6.15. The molecule has 22 heavy (non-hydrogen) atoms. The number of aliphatic imine (C=N–C) groups is 1. The molecule has 2 fully saturated rings. The van der Waals surface area contributed by atoms with Crippen molar-refractivity contribution >= 4 is 39.8 Å². The Kier molecular flexibility index (Phi) is 8.45. The molecule has 0 bridgehead atoms. The molecule has 0 aliphatic carbocycles. The molecule has 2 saturated heterocycles. The first-order valence-electron chi connectivity index (χ1n) is 8.24. The van der Waals surface area contributed by atoms with Crippen molar-refractivity contribution in [1.29, 1.82) is 0 Å². The summed E-state index contributed by atoms with van der Waals surface area (Å²) in [6.07, 6.45) is 4.34. The minimum absolute atomic E-state index is 0. The third kappa shape index (κ3) is 6.22. The summed E-state index contributed by atoms with van der Waals surface area (Å²) in [5.74, 6) is 2.54. The van der Waals surface area contributed by atoms with Crippen molar-refractivity contribution in [3.8, 4) is 0 Å². The van der Waals surface area contributed by atoms with Crippen LogP contribution in [0.3, 0.4) is 0 Å². The van der Waals surface area contributed by atoms with Crippen LogP contribution in [0.5, 0.6) is 0 Å². The molecule has 130 valence electrons. The summed E-state index contributed by atoms with van der Waals surface area (Å²) in [6.45, 7) is 8.10. The van der Waals surface area contributed by atoms with Crippen molar-refractivity contribution in [3.05, 3.63) is 0 Å². The number of guanidine groups is 1. The first-order valence-corrected chi connectivity index (χ1v) is 10.1. The highest BCUT2D eigenvalue weighted by atomic mass is 127. The number of hydrogen-bond acceptors (Lipinski definition) is 3. The number of hydrogen-bond donors (Lipinski definition) is 1. The van der Waals surface area contributed by atoms with Crippen LogP contribution in [-0.4, -0.2) is 57.0 Å². The van der Waals surface area contributed by atoms with Crippen molar-refractivity contribution < 1.29 is 8.42 Å². The molecule has 5 nitrogen and oxygen atoms in total. The third-order valence-electron chi connectivity index (χ3n) is 4.32. The zero-order chi connectivity index (χ0) is 15.3. The van der Waals surface area contributed by atoms with E-state index in [1.807, 2.05) is 0 Å². The van der Waals surface area contributed by atoms with Crippen LogP contribution < -0.4 is 5.32 Å². The summed E-state index contributed by atoms with van der Waals surface area (Å²) in [5, 5.41) is 3.43. The molecular weight excluding hydrogens is 413 g/mol. The topological polar surface area (TPSA) is 61.8 Å². The maximum Gasteiger partial charge on any atom is 0.193 e. The van der Waals surface area contributed by atoms with Gasteiger partial charge in [-0.1, -0.05) is 13.8 Å². The summed E-state index contributed by atoms with van der Waals surface area (Å²) in [4.78, 5) is 7.07. The highest BCUT2D eigenvalue weighted by molar-refractivity contribution is 14.0. The van der Waals surface area contributed by atoms with E-state index in [1.165, 1.54) is 12.8 Å². The molecule has 2 unspecified atom stereocenters. The van der Waals surface area contributed by atoms with E-state index in [0.29, 0.717) is 24.0 Å². The van der Waals surface area contributed by atoms with Gasteiger partial charge >= 0.3 is 0 Å². The van der Waals surface area contributed by atoms with E-state index in [4.69, 9.17) is 4.99 Å². The lowest BCUT2D eigenvalue weighted by atomic mass is 10.0. The van der Waals surface area contributed by atoms with Crippen molar-refractivity contribution in [2.24, 2.45) is 16.8 Å². The minimum Gasteiger partial charge on any atom is -0.356 e. The maximum absolute atomic E-state index is 11.5. The van der Waals surface area contributed by atoms with E-state index in [0.717, 1.165) is 38.4 Å². The molecule has 0 saturated carbocycles. The highest BCUT2D eigenvalue weighted by Crippen LogP contribution is 2.19.